The van der Waals surface area contributed by atoms with E-state index in [-0.39, 0.29) is 6.42 Å². The molecule has 3 aromatic rings. The number of hydrogen-bond donors (Lipinski definition) is 1. The molecule has 21 heavy (non-hydrogen) atoms. The Morgan fingerprint density at radius 2 is 2.10 bits per heavy atom. The second kappa shape index (κ2) is 4.87. The minimum absolute atomic E-state index is 0.107. The maximum atomic E-state index is 10.8. The number of nitrogens with zero attached hydrogens (tertiary/aromatic N) is 3. The highest BCUT2D eigenvalue weighted by molar-refractivity contribution is 9.10. The highest BCUT2D eigenvalue weighted by Crippen LogP contribution is 2.30. The van der Waals surface area contributed by atoms with Gasteiger partial charge in [-0.3, -0.25) is 9.20 Å². The first-order chi connectivity index (χ1) is 9.91. The van der Waals surface area contributed by atoms with Crippen LogP contribution in [0.1, 0.15) is 23.2 Å². The van der Waals surface area contributed by atoms with Crippen molar-refractivity contribution >= 4 is 38.7 Å². The molecular weight excluding hydrogens is 334 g/mol. The van der Waals surface area contributed by atoms with Crippen molar-refractivity contribution in [3.05, 3.63) is 33.6 Å². The average molecular weight is 350 g/mol. The van der Waals surface area contributed by atoms with Crippen molar-refractivity contribution < 1.29 is 9.90 Å². The van der Waals surface area contributed by atoms with Gasteiger partial charge in [0.25, 0.3) is 0 Å². The van der Waals surface area contributed by atoms with Gasteiger partial charge in [0.05, 0.1) is 23.1 Å². The SMILES string of the molecule is Cc1ccc2c(nc3n(C)c(CCC(=O)O)c(Br)n23)c1C. The van der Waals surface area contributed by atoms with Gasteiger partial charge in [-0.15, -0.1) is 0 Å². The number of benzene rings is 1. The first kappa shape index (κ1) is 14.1. The van der Waals surface area contributed by atoms with Crippen LogP contribution in [-0.2, 0) is 18.3 Å². The van der Waals surface area contributed by atoms with Crippen LogP contribution in [0, 0.1) is 13.8 Å². The fourth-order valence-electron chi connectivity index (χ4n) is 2.67. The van der Waals surface area contributed by atoms with Crippen molar-refractivity contribution in [3.8, 4) is 0 Å². The van der Waals surface area contributed by atoms with Crippen molar-refractivity contribution in [3.63, 3.8) is 0 Å². The summed E-state index contributed by atoms with van der Waals surface area (Å²) in [5.41, 5.74) is 5.37. The largest absolute Gasteiger partial charge is 0.481 e. The standard InChI is InChI=1S/C15H16BrN3O2/c1-8-4-5-10-13(9(8)2)17-15-18(3)11(6-7-12(20)21)14(16)19(10)15/h4-5H,6-7H2,1-3H3,(H,20,21). The van der Waals surface area contributed by atoms with Crippen molar-refractivity contribution in [2.45, 2.75) is 26.7 Å². The van der Waals surface area contributed by atoms with E-state index in [1.807, 2.05) is 16.0 Å². The molecule has 5 nitrogen and oxygen atoms in total. The van der Waals surface area contributed by atoms with Crippen molar-refractivity contribution in [2.24, 2.45) is 7.05 Å². The van der Waals surface area contributed by atoms with E-state index in [9.17, 15) is 4.79 Å². The summed E-state index contributed by atoms with van der Waals surface area (Å²) in [6, 6.07) is 4.14. The lowest BCUT2D eigenvalue weighted by Gasteiger charge is -2.03. The molecule has 6 heteroatoms. The monoisotopic (exact) mass is 349 g/mol. The molecule has 0 saturated heterocycles. The summed E-state index contributed by atoms with van der Waals surface area (Å²) in [6.45, 7) is 4.15. The van der Waals surface area contributed by atoms with Crippen LogP contribution < -0.4 is 0 Å². The Morgan fingerprint density at radius 1 is 1.38 bits per heavy atom. The number of aliphatic carboxylic acids is 1. The lowest BCUT2D eigenvalue weighted by molar-refractivity contribution is -0.136. The zero-order valence-electron chi connectivity index (χ0n) is 12.1. The normalized spacial score (nSPS) is 11.6. The Balaban J connectivity index is 2.27. The Kier molecular flexibility index (Phi) is 3.28. The van der Waals surface area contributed by atoms with Crippen LogP contribution >= 0.6 is 15.9 Å². The molecule has 0 saturated carbocycles. The summed E-state index contributed by atoms with van der Waals surface area (Å²) in [6.07, 6.45) is 0.581. The number of rotatable bonds is 3. The number of carbonyl (C=O) groups is 1. The van der Waals surface area contributed by atoms with Gasteiger partial charge in [-0.1, -0.05) is 6.07 Å². The molecule has 0 fully saturated rings. The number of fused-ring (bicyclic) bond motifs is 3. The third kappa shape index (κ3) is 2.05. The Morgan fingerprint density at radius 3 is 2.76 bits per heavy atom. The summed E-state index contributed by atoms with van der Waals surface area (Å²) in [5.74, 6) is 0.0306. The van der Waals surface area contributed by atoms with Crippen LogP contribution in [0.5, 0.6) is 0 Å². The van der Waals surface area contributed by atoms with Crippen LogP contribution in [0.25, 0.3) is 16.8 Å². The topological polar surface area (TPSA) is 59.5 Å². The molecule has 2 aromatic heterocycles. The van der Waals surface area contributed by atoms with Crippen molar-refractivity contribution in [1.82, 2.24) is 14.0 Å². The van der Waals surface area contributed by atoms with E-state index in [0.29, 0.717) is 6.42 Å². The van der Waals surface area contributed by atoms with Crippen molar-refractivity contribution in [2.75, 3.05) is 0 Å². The molecule has 0 bridgehead atoms. The average Bonchev–Trinajstić information content (AvgIpc) is 2.91. The summed E-state index contributed by atoms with van der Waals surface area (Å²) >= 11 is 3.61. The first-order valence-electron chi connectivity index (χ1n) is 6.75. The van der Waals surface area contributed by atoms with Crippen LogP contribution in [0.4, 0.5) is 0 Å². The van der Waals surface area contributed by atoms with Gasteiger partial charge in [0, 0.05) is 13.5 Å². The van der Waals surface area contributed by atoms with E-state index in [2.05, 4.69) is 41.9 Å². The zero-order chi connectivity index (χ0) is 15.3. The number of halogens is 1. The third-order valence-corrected chi connectivity index (χ3v) is 4.86. The summed E-state index contributed by atoms with van der Waals surface area (Å²) in [7, 11) is 1.92. The van der Waals surface area contributed by atoms with Crippen LogP contribution in [-0.4, -0.2) is 25.0 Å². The molecule has 110 valence electrons. The van der Waals surface area contributed by atoms with Gasteiger partial charge in [-0.05, 0) is 47.0 Å². The van der Waals surface area contributed by atoms with Gasteiger partial charge in [0.2, 0.25) is 5.78 Å². The van der Waals surface area contributed by atoms with Gasteiger partial charge in [-0.25, -0.2) is 4.98 Å². The molecule has 0 atom stereocenters. The summed E-state index contributed by atoms with van der Waals surface area (Å²) in [5, 5.41) is 8.87. The highest BCUT2D eigenvalue weighted by atomic mass is 79.9. The first-order valence-corrected chi connectivity index (χ1v) is 7.54. The van der Waals surface area contributed by atoms with Crippen LogP contribution in [0.3, 0.4) is 0 Å². The Bertz CT molecular complexity index is 876. The number of imidazole rings is 2. The summed E-state index contributed by atoms with van der Waals surface area (Å²) in [4.78, 5) is 15.5. The second-order valence-electron chi connectivity index (χ2n) is 5.31. The molecule has 3 rings (SSSR count). The smallest absolute Gasteiger partial charge is 0.303 e. The molecule has 1 aromatic carbocycles. The highest BCUT2D eigenvalue weighted by Gasteiger charge is 2.19. The molecule has 0 unspecified atom stereocenters. The Labute approximate surface area is 130 Å². The number of aromatic nitrogens is 3. The predicted molar refractivity (Wildman–Crippen MR) is 84.8 cm³/mol. The van der Waals surface area contributed by atoms with Gasteiger partial charge in [0.1, 0.15) is 4.60 Å². The van der Waals surface area contributed by atoms with Gasteiger partial charge < -0.3 is 9.67 Å². The van der Waals surface area contributed by atoms with Gasteiger partial charge in [0.15, 0.2) is 0 Å². The maximum absolute atomic E-state index is 10.8. The number of carboxylic acids is 1. The summed E-state index contributed by atoms with van der Waals surface area (Å²) < 4.78 is 4.88. The fourth-order valence-corrected chi connectivity index (χ4v) is 3.48. The van der Waals surface area contributed by atoms with Crippen LogP contribution in [0.15, 0.2) is 16.7 Å². The van der Waals surface area contributed by atoms with E-state index in [1.165, 1.54) is 11.1 Å². The van der Waals surface area contributed by atoms with Crippen molar-refractivity contribution in [1.29, 1.82) is 0 Å². The molecule has 1 N–H and O–H groups in total. The maximum Gasteiger partial charge on any atom is 0.303 e. The molecule has 0 amide bonds. The molecule has 0 radical (unpaired) electrons. The minimum Gasteiger partial charge on any atom is -0.481 e. The predicted octanol–water partition coefficient (Wildman–Crippen LogP) is 3.22. The van der Waals surface area contributed by atoms with Gasteiger partial charge >= 0.3 is 5.97 Å². The molecular formula is C15H16BrN3O2. The molecule has 0 aliphatic heterocycles. The molecule has 2 heterocycles. The third-order valence-electron chi connectivity index (χ3n) is 4.05. The number of carboxylic acid groups (broad SMARTS) is 1. The number of aryl methyl sites for hydroxylation is 3. The fraction of sp³-hybridized carbons (Fsp3) is 0.333. The lowest BCUT2D eigenvalue weighted by atomic mass is 10.1. The molecule has 0 spiro atoms. The van der Waals surface area contributed by atoms with E-state index in [1.54, 1.807) is 0 Å². The van der Waals surface area contributed by atoms with Crippen LogP contribution in [0.2, 0.25) is 0 Å². The minimum atomic E-state index is -0.794. The number of hydrogen-bond acceptors (Lipinski definition) is 2. The molecule has 0 aliphatic carbocycles. The quantitative estimate of drug-likeness (QED) is 0.789. The van der Waals surface area contributed by atoms with E-state index < -0.39 is 5.97 Å². The van der Waals surface area contributed by atoms with Gasteiger partial charge in [-0.2, -0.15) is 0 Å². The van der Waals surface area contributed by atoms with E-state index in [0.717, 1.165) is 27.1 Å². The van der Waals surface area contributed by atoms with E-state index >= 15 is 0 Å². The second-order valence-corrected chi connectivity index (χ2v) is 6.06. The lowest BCUT2D eigenvalue weighted by Crippen LogP contribution is -2.03. The zero-order valence-corrected chi connectivity index (χ0v) is 13.7. The molecule has 0 aliphatic rings. The Hall–Kier alpha value is -1.82. The van der Waals surface area contributed by atoms with E-state index in [4.69, 9.17) is 10.1 Å².